The van der Waals surface area contributed by atoms with Crippen LogP contribution in [0.5, 0.6) is 0 Å². The number of aryl methyl sites for hydroxylation is 2. The van der Waals surface area contributed by atoms with Crippen molar-refractivity contribution in [2.24, 2.45) is 0 Å². The summed E-state index contributed by atoms with van der Waals surface area (Å²) in [5.41, 5.74) is 5.86. The van der Waals surface area contributed by atoms with Gasteiger partial charge in [0.25, 0.3) is 5.69 Å². The van der Waals surface area contributed by atoms with Gasteiger partial charge in [0.1, 0.15) is 5.82 Å². The maximum Gasteiger partial charge on any atom is 0.271 e. The molecule has 0 radical (unpaired) electrons. The summed E-state index contributed by atoms with van der Waals surface area (Å²) in [4.78, 5) is 26.0. The summed E-state index contributed by atoms with van der Waals surface area (Å²) < 4.78 is 0. The Balaban J connectivity index is 1.56. The number of rotatable bonds is 4. The highest BCUT2D eigenvalue weighted by molar-refractivity contribution is 7.98. The number of nitrogens with one attached hydrogen (secondary N) is 2. The van der Waals surface area contributed by atoms with Gasteiger partial charge < -0.3 is 9.97 Å². The number of non-ortho nitro benzene ring substituents is 1. The summed E-state index contributed by atoms with van der Waals surface area (Å²) in [7, 11) is 0. The van der Waals surface area contributed by atoms with E-state index in [0.717, 1.165) is 27.5 Å². The van der Waals surface area contributed by atoms with E-state index in [-0.39, 0.29) is 5.69 Å². The van der Waals surface area contributed by atoms with Crippen LogP contribution in [0.1, 0.15) is 17.0 Å². The normalized spacial score (nSPS) is 11.4. The zero-order valence-corrected chi connectivity index (χ0v) is 14.5. The summed E-state index contributed by atoms with van der Waals surface area (Å²) in [5.74, 6) is 1.36. The van der Waals surface area contributed by atoms with E-state index in [0.29, 0.717) is 11.3 Å². The van der Waals surface area contributed by atoms with Gasteiger partial charge in [-0.3, -0.25) is 10.1 Å². The predicted molar refractivity (Wildman–Crippen MR) is 97.9 cm³/mol. The van der Waals surface area contributed by atoms with Gasteiger partial charge in [0.15, 0.2) is 5.16 Å². The Bertz CT molecular complexity index is 1080. The second-order valence-electron chi connectivity index (χ2n) is 5.93. The number of nitrogens with zero attached hydrogens (tertiary/aromatic N) is 3. The van der Waals surface area contributed by atoms with Gasteiger partial charge >= 0.3 is 0 Å². The fourth-order valence-electron chi connectivity index (χ4n) is 2.68. The highest BCUT2D eigenvalue weighted by Crippen LogP contribution is 2.26. The molecule has 0 saturated carbocycles. The largest absolute Gasteiger partial charge is 0.341 e. The lowest BCUT2D eigenvalue weighted by molar-refractivity contribution is -0.384. The van der Waals surface area contributed by atoms with Crippen LogP contribution in [-0.2, 0) is 5.75 Å². The van der Waals surface area contributed by atoms with E-state index in [4.69, 9.17) is 0 Å². The highest BCUT2D eigenvalue weighted by atomic mass is 32.2. The van der Waals surface area contributed by atoms with Crippen molar-refractivity contribution < 1.29 is 4.92 Å². The fourth-order valence-corrected chi connectivity index (χ4v) is 3.44. The average Bonchev–Trinajstić information content (AvgIpc) is 3.15. The quantitative estimate of drug-likeness (QED) is 0.324. The van der Waals surface area contributed by atoms with Gasteiger partial charge in [0, 0.05) is 12.1 Å². The number of fused-ring (bicyclic) bond motifs is 2. The maximum atomic E-state index is 10.8. The number of hydrogen-bond donors (Lipinski definition) is 2. The van der Waals surface area contributed by atoms with Crippen molar-refractivity contribution in [3.63, 3.8) is 0 Å². The standard InChI is InChI=1S/C17H15N5O2S/c1-9-5-13-14(6-10(9)2)21-17(20-13)25-8-16-18-12-4-3-11(22(23)24)7-15(12)19-16/h3-7H,8H2,1-2H3,(H,18,19)(H,20,21). The molecule has 0 spiro atoms. The Morgan fingerprint density at radius 2 is 1.80 bits per heavy atom. The van der Waals surface area contributed by atoms with E-state index >= 15 is 0 Å². The van der Waals surface area contributed by atoms with Gasteiger partial charge in [-0.2, -0.15) is 0 Å². The van der Waals surface area contributed by atoms with Crippen LogP contribution >= 0.6 is 11.8 Å². The van der Waals surface area contributed by atoms with Gasteiger partial charge in [0.2, 0.25) is 0 Å². The SMILES string of the molecule is Cc1cc2nc(SCc3nc4ccc([N+](=O)[O-])cc4[nH]3)[nH]c2cc1C. The van der Waals surface area contributed by atoms with E-state index in [2.05, 4.69) is 45.9 Å². The molecule has 0 amide bonds. The number of aromatic amines is 2. The van der Waals surface area contributed by atoms with Gasteiger partial charge in [-0.05, 0) is 43.2 Å². The first-order valence-electron chi connectivity index (χ1n) is 7.72. The number of nitro groups is 1. The molecule has 2 heterocycles. The lowest BCUT2D eigenvalue weighted by Crippen LogP contribution is -1.86. The molecule has 0 aliphatic rings. The Hall–Kier alpha value is -2.87. The summed E-state index contributed by atoms with van der Waals surface area (Å²) in [6.45, 7) is 4.15. The lowest BCUT2D eigenvalue weighted by atomic mass is 10.1. The number of nitro benzene ring substituents is 1. The van der Waals surface area contributed by atoms with Crippen LogP contribution in [0.25, 0.3) is 22.1 Å². The van der Waals surface area contributed by atoms with Crippen LogP contribution in [0.2, 0.25) is 0 Å². The molecule has 0 aliphatic heterocycles. The van der Waals surface area contributed by atoms with Crippen LogP contribution in [0, 0.1) is 24.0 Å². The third-order valence-corrected chi connectivity index (χ3v) is 5.03. The van der Waals surface area contributed by atoms with Crippen LogP contribution in [0.15, 0.2) is 35.5 Å². The number of imidazole rings is 2. The number of benzene rings is 2. The fraction of sp³-hybridized carbons (Fsp3) is 0.176. The van der Waals surface area contributed by atoms with E-state index in [1.165, 1.54) is 23.3 Å². The third-order valence-electron chi connectivity index (χ3n) is 4.15. The molecular formula is C17H15N5O2S. The minimum atomic E-state index is -0.410. The van der Waals surface area contributed by atoms with Gasteiger partial charge in [0.05, 0.1) is 32.7 Å². The first-order chi connectivity index (χ1) is 12.0. The molecule has 7 nitrogen and oxygen atoms in total. The summed E-state index contributed by atoms with van der Waals surface area (Å²) in [6.07, 6.45) is 0. The zero-order chi connectivity index (χ0) is 17.6. The van der Waals surface area contributed by atoms with Crippen molar-refractivity contribution in [2.75, 3.05) is 0 Å². The molecule has 0 aliphatic carbocycles. The first kappa shape index (κ1) is 15.6. The molecule has 2 N–H and O–H groups in total. The second-order valence-corrected chi connectivity index (χ2v) is 6.89. The Labute approximate surface area is 147 Å². The zero-order valence-electron chi connectivity index (χ0n) is 13.7. The molecule has 8 heteroatoms. The minimum Gasteiger partial charge on any atom is -0.341 e. The van der Waals surface area contributed by atoms with Crippen molar-refractivity contribution in [3.05, 3.63) is 57.4 Å². The molecule has 0 atom stereocenters. The molecule has 4 rings (SSSR count). The van der Waals surface area contributed by atoms with Crippen molar-refractivity contribution in [3.8, 4) is 0 Å². The Morgan fingerprint density at radius 1 is 1.04 bits per heavy atom. The Morgan fingerprint density at radius 3 is 2.60 bits per heavy atom. The van der Waals surface area contributed by atoms with E-state index in [1.807, 2.05) is 0 Å². The second kappa shape index (κ2) is 5.89. The van der Waals surface area contributed by atoms with Crippen molar-refractivity contribution in [2.45, 2.75) is 24.8 Å². The summed E-state index contributed by atoms with van der Waals surface area (Å²) >= 11 is 1.54. The van der Waals surface area contributed by atoms with Crippen LogP contribution in [-0.4, -0.2) is 24.9 Å². The topological polar surface area (TPSA) is 100 Å². The minimum absolute atomic E-state index is 0.0541. The van der Waals surface area contributed by atoms with E-state index in [1.54, 1.807) is 17.8 Å². The van der Waals surface area contributed by atoms with Gasteiger partial charge in [-0.15, -0.1) is 0 Å². The van der Waals surface area contributed by atoms with Crippen LogP contribution in [0.4, 0.5) is 5.69 Å². The monoisotopic (exact) mass is 353 g/mol. The average molecular weight is 353 g/mol. The lowest BCUT2D eigenvalue weighted by Gasteiger charge is -1.97. The van der Waals surface area contributed by atoms with E-state index < -0.39 is 4.92 Å². The van der Waals surface area contributed by atoms with Crippen molar-refractivity contribution in [1.29, 1.82) is 0 Å². The summed E-state index contributed by atoms with van der Waals surface area (Å²) in [5, 5.41) is 11.7. The smallest absolute Gasteiger partial charge is 0.271 e. The van der Waals surface area contributed by atoms with Crippen molar-refractivity contribution >= 4 is 39.5 Å². The molecule has 4 aromatic rings. The molecule has 126 valence electrons. The molecule has 2 aromatic heterocycles. The number of H-pyrrole nitrogens is 2. The van der Waals surface area contributed by atoms with Gasteiger partial charge in [-0.1, -0.05) is 11.8 Å². The molecule has 0 fully saturated rings. The van der Waals surface area contributed by atoms with Gasteiger partial charge in [-0.25, -0.2) is 9.97 Å². The molecule has 2 aromatic carbocycles. The first-order valence-corrected chi connectivity index (χ1v) is 8.71. The highest BCUT2D eigenvalue weighted by Gasteiger charge is 2.11. The van der Waals surface area contributed by atoms with E-state index in [9.17, 15) is 10.1 Å². The maximum absolute atomic E-state index is 10.8. The number of aromatic nitrogens is 4. The molecule has 25 heavy (non-hydrogen) atoms. The molecule has 0 unspecified atom stereocenters. The van der Waals surface area contributed by atoms with Crippen LogP contribution in [0.3, 0.4) is 0 Å². The Kier molecular flexibility index (Phi) is 3.69. The van der Waals surface area contributed by atoms with Crippen LogP contribution < -0.4 is 0 Å². The third kappa shape index (κ3) is 2.96. The molecule has 0 bridgehead atoms. The molecule has 0 saturated heterocycles. The molecular weight excluding hydrogens is 338 g/mol. The van der Waals surface area contributed by atoms with Crippen molar-refractivity contribution in [1.82, 2.24) is 19.9 Å². The summed E-state index contributed by atoms with van der Waals surface area (Å²) in [6, 6.07) is 8.80. The number of thioether (sulfide) groups is 1. The predicted octanol–water partition coefficient (Wildman–Crippen LogP) is 4.26. The number of hydrogen-bond acceptors (Lipinski definition) is 5.